The number of hydrogen-bond donors (Lipinski definition) is 2. The van der Waals surface area contributed by atoms with Gasteiger partial charge in [-0.2, -0.15) is 0 Å². The molecule has 1 aromatic carbocycles. The zero-order valence-corrected chi connectivity index (χ0v) is 24.7. The van der Waals surface area contributed by atoms with Gasteiger partial charge in [0.15, 0.2) is 0 Å². The van der Waals surface area contributed by atoms with Crippen LogP contribution < -0.4 is 10.6 Å². The molecule has 1 aromatic heterocycles. The Labute approximate surface area is 250 Å². The molecule has 0 radical (unpaired) electrons. The van der Waals surface area contributed by atoms with Gasteiger partial charge in [-0.1, -0.05) is 84.7 Å². The Morgan fingerprint density at radius 1 is 1.07 bits per heavy atom. The molecule has 10 nitrogen and oxygen atoms in total. The van der Waals surface area contributed by atoms with E-state index >= 15 is 0 Å². The number of amides is 1. The molecule has 2 N–H and O–H groups in total. The number of fused-ring (bicyclic) bond motifs is 1. The molecule has 0 bridgehead atoms. The molecule has 3 aliphatic heterocycles. The molecule has 2 fully saturated rings. The maximum Gasteiger partial charge on any atom is 0.317 e. The van der Waals surface area contributed by atoms with Crippen LogP contribution in [-0.4, -0.2) is 82.5 Å². The highest BCUT2D eigenvalue weighted by atomic mass is 32.2. The third-order valence-electron chi connectivity index (χ3n) is 8.71. The molecule has 1 amide bonds. The minimum atomic E-state index is -0.918. The molecular formula is C31H37N7O3S. The maximum atomic E-state index is 13.4. The number of morpholine rings is 1. The number of thioether (sulfide) groups is 1. The summed E-state index contributed by atoms with van der Waals surface area (Å²) in [7, 11) is 2.14. The topological polar surface area (TPSA) is 108 Å². The molecule has 2 aliphatic carbocycles. The van der Waals surface area contributed by atoms with Gasteiger partial charge in [-0.3, -0.25) is 4.79 Å². The Bertz CT molecular complexity index is 1420. The highest BCUT2D eigenvalue weighted by Crippen LogP contribution is 2.49. The third-order valence-corrected chi connectivity index (χ3v) is 10.3. The molecule has 1 saturated heterocycles. The number of carbonyl (C=O) groups is 1. The number of aromatic nitrogens is 2. The van der Waals surface area contributed by atoms with Crippen molar-refractivity contribution < 1.29 is 13.9 Å². The summed E-state index contributed by atoms with van der Waals surface area (Å²) in [6.07, 6.45) is 12.3. The molecule has 2 aromatic rings. The summed E-state index contributed by atoms with van der Waals surface area (Å²) in [5, 5.41) is 16.6. The van der Waals surface area contributed by atoms with Gasteiger partial charge in [0.25, 0.3) is 11.8 Å². The number of nitrogens with zero attached hydrogens (tertiary/aromatic N) is 5. The van der Waals surface area contributed by atoms with Crippen LogP contribution in [0.4, 0.5) is 6.01 Å². The molecule has 1 saturated carbocycles. The average molecular weight is 588 g/mol. The molecule has 2 unspecified atom stereocenters. The van der Waals surface area contributed by atoms with Crippen molar-refractivity contribution in [3.05, 3.63) is 70.6 Å². The summed E-state index contributed by atoms with van der Waals surface area (Å²) in [6.45, 7) is 3.08. The lowest BCUT2D eigenvalue weighted by molar-refractivity contribution is -0.122. The summed E-state index contributed by atoms with van der Waals surface area (Å²) in [4.78, 5) is 23.0. The van der Waals surface area contributed by atoms with Gasteiger partial charge in [-0.15, -0.1) is 5.10 Å². The zero-order valence-electron chi connectivity index (χ0n) is 23.9. The first-order valence-electron chi connectivity index (χ1n) is 15.0. The van der Waals surface area contributed by atoms with Crippen LogP contribution in [0.25, 0.3) is 5.70 Å². The number of benzene rings is 1. The molecule has 220 valence electrons. The average Bonchev–Trinajstić information content (AvgIpc) is 3.60. The van der Waals surface area contributed by atoms with Crippen molar-refractivity contribution >= 4 is 35.1 Å². The smallest absolute Gasteiger partial charge is 0.317 e. The van der Waals surface area contributed by atoms with Crippen molar-refractivity contribution in [3.63, 3.8) is 0 Å². The summed E-state index contributed by atoms with van der Waals surface area (Å²) >= 11 is 1.92. The Morgan fingerprint density at radius 2 is 1.88 bits per heavy atom. The first-order valence-corrected chi connectivity index (χ1v) is 15.9. The second-order valence-corrected chi connectivity index (χ2v) is 12.5. The van der Waals surface area contributed by atoms with E-state index in [4.69, 9.17) is 14.1 Å². The fourth-order valence-corrected chi connectivity index (χ4v) is 8.18. The molecule has 0 spiro atoms. The standard InChI is InChI=1S/C31H37N7O3S/c1-37-25(30(38-16-18-40-19-17-38)42-29(37)21-12-6-3-7-13-21)28-35-36-31(41-28)34-26-27(39)32-23-15-9-8-14-22(23)24(33-26)20-10-4-2-5-11-20/h2,4-5,8-11,14,21,23,26,29H,3,6-7,12-13,15-19H2,1H3,(H,32,39)(H,34,36)/t23?,26-,29?/m1/s1. The Kier molecular flexibility index (Phi) is 7.77. The maximum absolute atomic E-state index is 13.4. The van der Waals surface area contributed by atoms with Crippen molar-refractivity contribution in [2.45, 2.75) is 56.1 Å². The van der Waals surface area contributed by atoms with Gasteiger partial charge >= 0.3 is 6.01 Å². The van der Waals surface area contributed by atoms with Crippen molar-refractivity contribution in [3.8, 4) is 0 Å². The van der Waals surface area contributed by atoms with Crippen LogP contribution in [0.2, 0.25) is 0 Å². The lowest BCUT2D eigenvalue weighted by atomic mass is 9.88. The summed E-state index contributed by atoms with van der Waals surface area (Å²) in [5.41, 5.74) is 3.68. The predicted octanol–water partition coefficient (Wildman–Crippen LogP) is 4.22. The fourth-order valence-electron chi connectivity index (χ4n) is 6.54. The van der Waals surface area contributed by atoms with Crippen LogP contribution in [0.3, 0.4) is 0 Å². The highest BCUT2D eigenvalue weighted by molar-refractivity contribution is 8.04. The lowest BCUT2D eigenvalue weighted by Gasteiger charge is -2.33. The second-order valence-electron chi connectivity index (χ2n) is 11.4. The number of aliphatic imine (C=N–C) groups is 1. The van der Waals surface area contributed by atoms with E-state index in [-0.39, 0.29) is 18.0 Å². The van der Waals surface area contributed by atoms with Gasteiger partial charge in [0.05, 0.1) is 30.3 Å². The zero-order chi connectivity index (χ0) is 28.5. The van der Waals surface area contributed by atoms with Gasteiger partial charge in [-0.25, -0.2) is 4.99 Å². The van der Waals surface area contributed by atoms with Crippen LogP contribution in [0.1, 0.15) is 50.0 Å². The normalized spacial score (nSPS) is 26.9. The van der Waals surface area contributed by atoms with E-state index in [0.717, 1.165) is 35.6 Å². The van der Waals surface area contributed by atoms with E-state index < -0.39 is 6.17 Å². The SMILES string of the molecule is CN1C(c2nnc(N[C@H]3N=C(c4ccccc4)C4=CC=CCC4NC3=O)o2)=C(N2CCOCC2)SC1C1CCCCC1. The molecule has 3 atom stereocenters. The van der Waals surface area contributed by atoms with Crippen LogP contribution in [0.15, 0.2) is 68.6 Å². The van der Waals surface area contributed by atoms with Gasteiger partial charge in [0, 0.05) is 31.3 Å². The summed E-state index contributed by atoms with van der Waals surface area (Å²) in [6, 6.07) is 10.00. The number of allylic oxidation sites excluding steroid dienone is 2. The van der Waals surface area contributed by atoms with E-state index in [9.17, 15) is 4.79 Å². The monoisotopic (exact) mass is 587 g/mol. The first kappa shape index (κ1) is 27.3. The first-order chi connectivity index (χ1) is 20.7. The van der Waals surface area contributed by atoms with Gasteiger partial charge < -0.3 is 29.6 Å². The number of rotatable bonds is 6. The molecule has 11 heteroatoms. The quantitative estimate of drug-likeness (QED) is 0.514. The Hall–Kier alpha value is -3.57. The number of ether oxygens (including phenoxy) is 1. The van der Waals surface area contributed by atoms with E-state index in [1.165, 1.54) is 37.1 Å². The van der Waals surface area contributed by atoms with Crippen LogP contribution in [-0.2, 0) is 9.53 Å². The van der Waals surface area contributed by atoms with Crippen molar-refractivity contribution in [2.75, 3.05) is 38.7 Å². The van der Waals surface area contributed by atoms with Crippen LogP contribution >= 0.6 is 11.8 Å². The predicted molar refractivity (Wildman–Crippen MR) is 163 cm³/mol. The van der Waals surface area contributed by atoms with Crippen molar-refractivity contribution in [1.29, 1.82) is 0 Å². The van der Waals surface area contributed by atoms with E-state index in [1.807, 2.05) is 54.2 Å². The largest absolute Gasteiger partial charge is 0.402 e. The molecular weight excluding hydrogens is 550 g/mol. The van der Waals surface area contributed by atoms with E-state index in [1.54, 1.807) is 0 Å². The Balaban J connectivity index is 1.19. The summed E-state index contributed by atoms with van der Waals surface area (Å²) in [5.74, 6) is 0.843. The lowest BCUT2D eigenvalue weighted by Crippen LogP contribution is -2.43. The van der Waals surface area contributed by atoms with Gasteiger partial charge in [0.1, 0.15) is 10.7 Å². The second kappa shape index (κ2) is 12.0. The minimum Gasteiger partial charge on any atom is -0.402 e. The number of carbonyl (C=O) groups excluding carboxylic acids is 1. The fraction of sp³-hybridized carbons (Fsp3) is 0.484. The third kappa shape index (κ3) is 5.35. The minimum absolute atomic E-state index is 0.145. The number of anilines is 1. The van der Waals surface area contributed by atoms with Gasteiger partial charge in [-0.05, 0) is 25.2 Å². The van der Waals surface area contributed by atoms with Crippen molar-refractivity contribution in [1.82, 2.24) is 25.3 Å². The molecule has 42 heavy (non-hydrogen) atoms. The van der Waals surface area contributed by atoms with E-state index in [2.05, 4.69) is 43.8 Å². The highest BCUT2D eigenvalue weighted by Gasteiger charge is 2.41. The molecule has 5 aliphatic rings. The number of nitrogens with one attached hydrogen (secondary N) is 2. The van der Waals surface area contributed by atoms with Gasteiger partial charge in [0.2, 0.25) is 6.17 Å². The van der Waals surface area contributed by atoms with Crippen LogP contribution in [0.5, 0.6) is 0 Å². The number of hydrogen-bond acceptors (Lipinski definition) is 10. The summed E-state index contributed by atoms with van der Waals surface area (Å²) < 4.78 is 11.9. The molecule has 7 rings (SSSR count). The molecule has 4 heterocycles. The van der Waals surface area contributed by atoms with Crippen LogP contribution in [0, 0.1) is 5.92 Å². The van der Waals surface area contributed by atoms with E-state index in [0.29, 0.717) is 36.8 Å². The Morgan fingerprint density at radius 3 is 2.69 bits per heavy atom. The van der Waals surface area contributed by atoms with Crippen molar-refractivity contribution in [2.24, 2.45) is 10.9 Å².